The van der Waals surface area contributed by atoms with Gasteiger partial charge in [0.05, 0.1) is 18.6 Å². The van der Waals surface area contributed by atoms with Gasteiger partial charge >= 0.3 is 0 Å². The van der Waals surface area contributed by atoms with E-state index in [1.165, 1.54) is 6.20 Å². The normalized spacial score (nSPS) is 33.7. The number of rotatable bonds is 2. The minimum atomic E-state index is -0.501. The zero-order chi connectivity index (χ0) is 23.1. The fourth-order valence-electron chi connectivity index (χ4n) is 6.03. The third-order valence-corrected chi connectivity index (χ3v) is 8.96. The molecule has 0 amide bonds. The molecule has 0 aromatic carbocycles. The molecule has 2 saturated carbocycles. The topological polar surface area (TPSA) is 76.5 Å². The van der Waals surface area contributed by atoms with Crippen molar-refractivity contribution in [1.82, 2.24) is 9.97 Å². The van der Waals surface area contributed by atoms with Crippen molar-refractivity contribution in [2.45, 2.75) is 64.2 Å². The number of nitrogens with one attached hydrogen (secondary N) is 1. The molecule has 1 N–H and O–H groups in total. The van der Waals surface area contributed by atoms with Gasteiger partial charge in [0.15, 0.2) is 11.6 Å². The van der Waals surface area contributed by atoms with Crippen LogP contribution in [0.5, 0.6) is 0 Å². The first kappa shape index (κ1) is 22.8. The van der Waals surface area contributed by atoms with E-state index in [1.807, 2.05) is 31.7 Å². The average molecular weight is 473 g/mol. The number of carbonyl (C=O) groups excluding carboxylic acids is 1. The molecular formula is C25H33FN4O2S. The highest BCUT2D eigenvalue weighted by Crippen LogP contribution is 2.54. The van der Waals surface area contributed by atoms with E-state index >= 15 is 0 Å². The number of allylic oxidation sites excluding steroid dienone is 2. The van der Waals surface area contributed by atoms with E-state index in [0.29, 0.717) is 29.6 Å². The molecule has 6 atom stereocenters. The van der Waals surface area contributed by atoms with Crippen LogP contribution in [0.4, 0.5) is 16.2 Å². The fourth-order valence-corrected chi connectivity index (χ4v) is 7.53. The Morgan fingerprint density at radius 3 is 2.97 bits per heavy atom. The molecule has 33 heavy (non-hydrogen) atoms. The molecule has 0 saturated heterocycles. The van der Waals surface area contributed by atoms with E-state index < -0.39 is 5.82 Å². The summed E-state index contributed by atoms with van der Waals surface area (Å²) in [6.45, 7) is 6.80. The quantitative estimate of drug-likeness (QED) is 0.639. The summed E-state index contributed by atoms with van der Waals surface area (Å²) in [6, 6.07) is -0.105. The van der Waals surface area contributed by atoms with Crippen molar-refractivity contribution >= 4 is 35.0 Å². The van der Waals surface area contributed by atoms with Crippen LogP contribution in [0.3, 0.4) is 0 Å². The number of hydrogen-bond acceptors (Lipinski definition) is 7. The lowest BCUT2D eigenvalue weighted by molar-refractivity contribution is -0.127. The molecule has 5 rings (SSSR count). The Bertz CT molecular complexity index is 981. The Hall–Kier alpha value is -1.96. The highest BCUT2D eigenvalue weighted by atomic mass is 32.2. The SMILES string of the molecule is CC1CC2=CC(=Nc3ncc(F)c(n3)NC3C4CC(CC4SCCCO2)C3C(=O)C(C)C)C1. The van der Waals surface area contributed by atoms with Gasteiger partial charge in [-0.15, -0.1) is 0 Å². The number of hydrogen-bond donors (Lipinski definition) is 1. The Balaban J connectivity index is 1.50. The minimum Gasteiger partial charge on any atom is -0.498 e. The van der Waals surface area contributed by atoms with Gasteiger partial charge in [-0.05, 0) is 55.3 Å². The number of nitrogens with zero attached hydrogens (tertiary/aromatic N) is 3. The molecule has 6 bridgehead atoms. The first-order valence-corrected chi connectivity index (χ1v) is 13.3. The van der Waals surface area contributed by atoms with Crippen LogP contribution in [0.25, 0.3) is 0 Å². The Labute approximate surface area is 199 Å². The highest BCUT2D eigenvalue weighted by molar-refractivity contribution is 7.99. The maximum atomic E-state index is 14.8. The zero-order valence-corrected chi connectivity index (χ0v) is 20.4. The van der Waals surface area contributed by atoms with Gasteiger partial charge < -0.3 is 10.1 Å². The van der Waals surface area contributed by atoms with Crippen LogP contribution in [-0.4, -0.2) is 45.1 Å². The Morgan fingerprint density at radius 2 is 2.15 bits per heavy atom. The first-order chi connectivity index (χ1) is 15.9. The van der Waals surface area contributed by atoms with Gasteiger partial charge in [0.1, 0.15) is 5.78 Å². The van der Waals surface area contributed by atoms with Gasteiger partial charge in [0.2, 0.25) is 0 Å². The molecule has 1 aromatic rings. The predicted octanol–water partition coefficient (Wildman–Crippen LogP) is 5.19. The van der Waals surface area contributed by atoms with Crippen molar-refractivity contribution in [3.63, 3.8) is 0 Å². The number of Topliss-reactive ketones (excluding diaryl/α,β-unsaturated/α-hetero) is 1. The lowest BCUT2D eigenvalue weighted by Crippen LogP contribution is -2.45. The molecular weight excluding hydrogens is 439 g/mol. The van der Waals surface area contributed by atoms with Crippen molar-refractivity contribution in [3.8, 4) is 0 Å². The largest absolute Gasteiger partial charge is 0.498 e. The summed E-state index contributed by atoms with van der Waals surface area (Å²) < 4.78 is 20.9. The Morgan fingerprint density at radius 1 is 1.30 bits per heavy atom. The monoisotopic (exact) mass is 472 g/mol. The summed E-state index contributed by atoms with van der Waals surface area (Å²) in [6.07, 6.45) is 7.95. The number of aromatic nitrogens is 2. The number of halogens is 1. The molecule has 6 unspecified atom stereocenters. The number of ether oxygens (including phenoxy) is 1. The first-order valence-electron chi connectivity index (χ1n) is 12.2. The van der Waals surface area contributed by atoms with Gasteiger partial charge in [-0.25, -0.2) is 14.4 Å². The molecule has 8 heteroatoms. The average Bonchev–Trinajstić information content (AvgIpc) is 3.32. The summed E-state index contributed by atoms with van der Waals surface area (Å²) in [5, 5.41) is 3.84. The summed E-state index contributed by atoms with van der Waals surface area (Å²) in [4.78, 5) is 26.3. The van der Waals surface area contributed by atoms with Crippen LogP contribution in [-0.2, 0) is 9.53 Å². The van der Waals surface area contributed by atoms with Crippen molar-refractivity contribution in [2.24, 2.45) is 34.6 Å². The standard InChI is InChI=1S/C25H33FN4O2S/c1-13(2)23(31)21-15-9-18-20(10-15)33-6-4-5-32-17-8-14(3)7-16(11-17)28-25-27-12-19(26)24(30-25)29-22(18)21/h11-15,18,20-22H,4-10H2,1-3H3,(H,27,29,30). The maximum absolute atomic E-state index is 14.8. The van der Waals surface area contributed by atoms with Gasteiger partial charge in [0, 0.05) is 35.3 Å². The zero-order valence-electron chi connectivity index (χ0n) is 19.6. The number of carbonyl (C=O) groups is 1. The van der Waals surface area contributed by atoms with Crippen LogP contribution in [0, 0.1) is 35.4 Å². The van der Waals surface area contributed by atoms with E-state index in [1.54, 1.807) is 0 Å². The second-order valence-corrected chi connectivity index (χ2v) is 11.7. The molecule has 6 nitrogen and oxygen atoms in total. The third-order valence-electron chi connectivity index (χ3n) is 7.46. The lowest BCUT2D eigenvalue weighted by atomic mass is 9.78. The summed E-state index contributed by atoms with van der Waals surface area (Å²) >= 11 is 1.99. The lowest BCUT2D eigenvalue weighted by Gasteiger charge is -2.36. The van der Waals surface area contributed by atoms with Crippen molar-refractivity contribution in [3.05, 3.63) is 23.8 Å². The third kappa shape index (κ3) is 4.68. The summed E-state index contributed by atoms with van der Waals surface area (Å²) in [5.74, 6) is 3.13. The van der Waals surface area contributed by atoms with Gasteiger partial charge in [-0.2, -0.15) is 16.7 Å². The smallest absolute Gasteiger partial charge is 0.251 e. The number of ketones is 1. The van der Waals surface area contributed by atoms with Crippen LogP contribution >= 0.6 is 11.8 Å². The van der Waals surface area contributed by atoms with Gasteiger partial charge in [0.25, 0.3) is 5.95 Å². The molecule has 3 aliphatic carbocycles. The predicted molar refractivity (Wildman–Crippen MR) is 129 cm³/mol. The number of aliphatic imine (C=N–C) groups is 1. The van der Waals surface area contributed by atoms with Crippen LogP contribution < -0.4 is 5.32 Å². The fraction of sp³-hybridized carbons (Fsp3) is 0.680. The van der Waals surface area contributed by atoms with E-state index in [4.69, 9.17) is 4.74 Å². The molecule has 2 heterocycles. The second-order valence-electron chi connectivity index (χ2n) is 10.4. The maximum Gasteiger partial charge on any atom is 0.251 e. The van der Waals surface area contributed by atoms with Crippen LogP contribution in [0.1, 0.15) is 52.9 Å². The molecule has 2 fully saturated rings. The van der Waals surface area contributed by atoms with Crippen molar-refractivity contribution in [1.29, 1.82) is 0 Å². The number of anilines is 1. The number of thioether (sulfide) groups is 1. The second kappa shape index (κ2) is 9.35. The molecule has 0 radical (unpaired) electrons. The number of fused-ring (bicyclic) bond motifs is 4. The van der Waals surface area contributed by atoms with Gasteiger partial charge in [-0.1, -0.05) is 20.8 Å². The summed E-state index contributed by atoms with van der Waals surface area (Å²) in [7, 11) is 0. The molecule has 1 aromatic heterocycles. The van der Waals surface area contributed by atoms with E-state index in [0.717, 1.165) is 49.3 Å². The van der Waals surface area contributed by atoms with E-state index in [9.17, 15) is 9.18 Å². The van der Waals surface area contributed by atoms with Crippen LogP contribution in [0.2, 0.25) is 0 Å². The van der Waals surface area contributed by atoms with Crippen molar-refractivity contribution in [2.75, 3.05) is 17.7 Å². The Kier molecular flexibility index (Phi) is 6.47. The minimum absolute atomic E-state index is 0.0359. The van der Waals surface area contributed by atoms with E-state index in [-0.39, 0.29) is 35.4 Å². The highest BCUT2D eigenvalue weighted by Gasteiger charge is 2.55. The molecule has 178 valence electrons. The van der Waals surface area contributed by atoms with Gasteiger partial charge in [-0.3, -0.25) is 4.79 Å². The summed E-state index contributed by atoms with van der Waals surface area (Å²) in [5.41, 5.74) is 0.857. The molecule has 4 aliphatic rings. The van der Waals surface area contributed by atoms with E-state index in [2.05, 4.69) is 27.2 Å². The van der Waals surface area contributed by atoms with Crippen molar-refractivity contribution < 1.29 is 13.9 Å². The molecule has 1 aliphatic heterocycles. The van der Waals surface area contributed by atoms with Crippen LogP contribution in [0.15, 0.2) is 23.0 Å². The molecule has 0 spiro atoms.